The lowest BCUT2D eigenvalue weighted by Crippen LogP contribution is -2.40. The molecule has 0 N–H and O–H groups in total. The maximum atomic E-state index is 12.1. The van der Waals surface area contributed by atoms with E-state index in [1.807, 2.05) is 0 Å². The lowest BCUT2D eigenvalue weighted by Gasteiger charge is -2.26. The molecule has 1 fully saturated rings. The van der Waals surface area contributed by atoms with Gasteiger partial charge in [0.1, 0.15) is 0 Å². The zero-order chi connectivity index (χ0) is 12.4. The standard InChI is InChI=1S/C12H11Cl2NO2/c13-8-3-4-11(14)10(6-8)12(17)15-5-1-2-9(16)7-15/h3-4,6H,1-2,5,7H2. The number of carbonyl (C=O) groups is 2. The molecule has 1 amide bonds. The van der Waals surface area contributed by atoms with Crippen molar-refractivity contribution in [2.45, 2.75) is 12.8 Å². The van der Waals surface area contributed by atoms with Crippen LogP contribution in [0.3, 0.4) is 0 Å². The second kappa shape index (κ2) is 5.07. The molecule has 3 nitrogen and oxygen atoms in total. The van der Waals surface area contributed by atoms with Crippen LogP contribution >= 0.6 is 23.2 Å². The minimum atomic E-state index is -0.231. The molecule has 0 radical (unpaired) electrons. The number of benzene rings is 1. The summed E-state index contributed by atoms with van der Waals surface area (Å²) < 4.78 is 0. The van der Waals surface area contributed by atoms with E-state index < -0.39 is 0 Å². The fourth-order valence-electron chi connectivity index (χ4n) is 1.84. The molecular formula is C12H11Cl2NO2. The molecule has 0 bridgehead atoms. The van der Waals surface area contributed by atoms with Crippen LogP contribution in [0.2, 0.25) is 10.0 Å². The first-order valence-corrected chi connectivity index (χ1v) is 6.09. The van der Waals surface area contributed by atoms with Gasteiger partial charge in [0.25, 0.3) is 5.91 Å². The van der Waals surface area contributed by atoms with Gasteiger partial charge in [-0.15, -0.1) is 0 Å². The van der Waals surface area contributed by atoms with Crippen LogP contribution in [0.25, 0.3) is 0 Å². The van der Waals surface area contributed by atoms with Crippen molar-refractivity contribution < 1.29 is 9.59 Å². The molecule has 1 aliphatic rings. The Kier molecular flexibility index (Phi) is 3.69. The first-order valence-electron chi connectivity index (χ1n) is 5.34. The predicted octanol–water partition coefficient (Wildman–Crippen LogP) is 2.80. The minimum absolute atomic E-state index is 0.0859. The molecule has 17 heavy (non-hydrogen) atoms. The lowest BCUT2D eigenvalue weighted by molar-refractivity contribution is -0.121. The van der Waals surface area contributed by atoms with Crippen LogP contribution < -0.4 is 0 Å². The number of rotatable bonds is 1. The first-order chi connectivity index (χ1) is 8.08. The number of hydrogen-bond acceptors (Lipinski definition) is 2. The molecule has 0 unspecified atom stereocenters. The van der Waals surface area contributed by atoms with Crippen molar-refractivity contribution in [1.82, 2.24) is 4.90 Å². The van der Waals surface area contributed by atoms with Crippen LogP contribution in [0.1, 0.15) is 23.2 Å². The van der Waals surface area contributed by atoms with E-state index in [0.29, 0.717) is 35.0 Å². The Morgan fingerprint density at radius 2 is 2.06 bits per heavy atom. The molecule has 90 valence electrons. The fraction of sp³-hybridized carbons (Fsp3) is 0.333. The molecule has 1 aromatic rings. The zero-order valence-electron chi connectivity index (χ0n) is 9.08. The van der Waals surface area contributed by atoms with Gasteiger partial charge in [-0.3, -0.25) is 9.59 Å². The molecule has 0 spiro atoms. The number of nitrogens with zero attached hydrogens (tertiary/aromatic N) is 1. The van der Waals surface area contributed by atoms with Gasteiger partial charge < -0.3 is 4.90 Å². The van der Waals surface area contributed by atoms with E-state index in [2.05, 4.69) is 0 Å². The van der Waals surface area contributed by atoms with Crippen LogP contribution in [0.5, 0.6) is 0 Å². The van der Waals surface area contributed by atoms with Gasteiger partial charge in [0, 0.05) is 18.0 Å². The number of Topliss-reactive ketones (excluding diaryl/α,β-unsaturated/α-hetero) is 1. The zero-order valence-corrected chi connectivity index (χ0v) is 10.6. The highest BCUT2D eigenvalue weighted by molar-refractivity contribution is 6.35. The van der Waals surface area contributed by atoms with Crippen molar-refractivity contribution >= 4 is 34.9 Å². The largest absolute Gasteiger partial charge is 0.331 e. The van der Waals surface area contributed by atoms with E-state index >= 15 is 0 Å². The van der Waals surface area contributed by atoms with Crippen molar-refractivity contribution in [3.63, 3.8) is 0 Å². The van der Waals surface area contributed by atoms with Gasteiger partial charge in [-0.2, -0.15) is 0 Å². The molecular weight excluding hydrogens is 261 g/mol. The minimum Gasteiger partial charge on any atom is -0.331 e. The molecule has 0 aliphatic carbocycles. The maximum Gasteiger partial charge on any atom is 0.255 e. The number of amides is 1. The van der Waals surface area contributed by atoms with Gasteiger partial charge in [0.2, 0.25) is 0 Å². The summed E-state index contributed by atoms with van der Waals surface area (Å²) in [4.78, 5) is 25.0. The highest BCUT2D eigenvalue weighted by Crippen LogP contribution is 2.23. The van der Waals surface area contributed by atoms with E-state index in [1.165, 1.54) is 11.0 Å². The molecule has 1 heterocycles. The van der Waals surface area contributed by atoms with Gasteiger partial charge in [-0.05, 0) is 24.6 Å². The van der Waals surface area contributed by atoms with Gasteiger partial charge in [0.15, 0.2) is 5.78 Å². The number of piperidine rings is 1. The van der Waals surface area contributed by atoms with Crippen molar-refractivity contribution in [1.29, 1.82) is 0 Å². The molecule has 0 aromatic heterocycles. The van der Waals surface area contributed by atoms with E-state index in [9.17, 15) is 9.59 Å². The molecule has 5 heteroatoms. The molecule has 1 aromatic carbocycles. The summed E-state index contributed by atoms with van der Waals surface area (Å²) in [7, 11) is 0. The second-order valence-electron chi connectivity index (χ2n) is 3.99. The van der Waals surface area contributed by atoms with Crippen molar-refractivity contribution in [3.05, 3.63) is 33.8 Å². The lowest BCUT2D eigenvalue weighted by atomic mass is 10.1. The predicted molar refractivity (Wildman–Crippen MR) is 66.6 cm³/mol. The van der Waals surface area contributed by atoms with Crippen LogP contribution in [0.4, 0.5) is 0 Å². The van der Waals surface area contributed by atoms with Crippen molar-refractivity contribution in [2.24, 2.45) is 0 Å². The summed E-state index contributed by atoms with van der Waals surface area (Å²) in [6.45, 7) is 0.759. The van der Waals surface area contributed by atoms with Gasteiger partial charge in [0.05, 0.1) is 17.1 Å². The number of likely N-dealkylation sites (tertiary alicyclic amines) is 1. The van der Waals surface area contributed by atoms with Crippen molar-refractivity contribution in [2.75, 3.05) is 13.1 Å². The van der Waals surface area contributed by atoms with Crippen LogP contribution in [0.15, 0.2) is 18.2 Å². The molecule has 0 saturated carbocycles. The average Bonchev–Trinajstić information content (AvgIpc) is 2.31. The summed E-state index contributed by atoms with van der Waals surface area (Å²) in [6, 6.07) is 4.75. The summed E-state index contributed by atoms with van der Waals surface area (Å²) in [5.74, 6) is -0.145. The third kappa shape index (κ3) is 2.79. The van der Waals surface area contributed by atoms with Crippen molar-refractivity contribution in [3.8, 4) is 0 Å². The summed E-state index contributed by atoms with van der Waals surface area (Å²) in [5, 5.41) is 0.818. The summed E-state index contributed by atoms with van der Waals surface area (Å²) >= 11 is 11.8. The fourth-order valence-corrected chi connectivity index (χ4v) is 2.21. The number of ketones is 1. The Morgan fingerprint density at radius 1 is 1.29 bits per heavy atom. The van der Waals surface area contributed by atoms with E-state index in [1.54, 1.807) is 12.1 Å². The van der Waals surface area contributed by atoms with E-state index in [0.717, 1.165) is 0 Å². The molecule has 2 rings (SSSR count). The summed E-state index contributed by atoms with van der Waals surface area (Å²) in [5.41, 5.74) is 0.355. The second-order valence-corrected chi connectivity index (χ2v) is 4.84. The number of halogens is 2. The monoisotopic (exact) mass is 271 g/mol. The topological polar surface area (TPSA) is 37.4 Å². The van der Waals surface area contributed by atoms with E-state index in [-0.39, 0.29) is 18.2 Å². The Labute approximate surface area is 109 Å². The van der Waals surface area contributed by atoms with Crippen LogP contribution in [0, 0.1) is 0 Å². The highest BCUT2D eigenvalue weighted by atomic mass is 35.5. The molecule has 0 atom stereocenters. The average molecular weight is 272 g/mol. The Bertz CT molecular complexity index is 474. The summed E-state index contributed by atoms with van der Waals surface area (Å²) in [6.07, 6.45) is 1.26. The van der Waals surface area contributed by atoms with Crippen LogP contribution in [-0.2, 0) is 4.79 Å². The SMILES string of the molecule is O=C1CCCN(C(=O)c2cc(Cl)ccc2Cl)C1. The van der Waals surface area contributed by atoms with Gasteiger partial charge in [-0.1, -0.05) is 23.2 Å². The third-order valence-electron chi connectivity index (χ3n) is 2.70. The normalized spacial score (nSPS) is 16.1. The van der Waals surface area contributed by atoms with Gasteiger partial charge >= 0.3 is 0 Å². The first kappa shape index (κ1) is 12.4. The van der Waals surface area contributed by atoms with Gasteiger partial charge in [-0.25, -0.2) is 0 Å². The highest BCUT2D eigenvalue weighted by Gasteiger charge is 2.24. The third-order valence-corrected chi connectivity index (χ3v) is 3.26. The Balaban J connectivity index is 2.24. The Hall–Kier alpha value is -1.06. The van der Waals surface area contributed by atoms with E-state index in [4.69, 9.17) is 23.2 Å². The smallest absolute Gasteiger partial charge is 0.255 e. The maximum absolute atomic E-state index is 12.1. The number of carbonyl (C=O) groups excluding carboxylic acids is 2. The number of hydrogen-bond donors (Lipinski definition) is 0. The quantitative estimate of drug-likeness (QED) is 0.788. The Morgan fingerprint density at radius 3 is 2.76 bits per heavy atom. The van der Waals surface area contributed by atoms with Crippen LogP contribution in [-0.4, -0.2) is 29.7 Å². The molecule has 1 aliphatic heterocycles. The molecule has 1 saturated heterocycles.